The molecule has 0 aliphatic carbocycles. The smallest absolute Gasteiger partial charge is 0.343 e. The highest BCUT2D eigenvalue weighted by Gasteiger charge is 2.18. The van der Waals surface area contributed by atoms with Gasteiger partial charge in [0.2, 0.25) is 5.43 Å². The third-order valence-corrected chi connectivity index (χ3v) is 4.87. The van der Waals surface area contributed by atoms with Crippen LogP contribution >= 0.6 is 11.6 Å². The molecular weight excluding hydrogens is 388 g/mol. The van der Waals surface area contributed by atoms with Gasteiger partial charge in [-0.3, -0.25) is 9.78 Å². The molecule has 29 heavy (non-hydrogen) atoms. The summed E-state index contributed by atoms with van der Waals surface area (Å²) in [6.07, 6.45) is 4.97. The summed E-state index contributed by atoms with van der Waals surface area (Å²) in [5, 5.41) is 1.03. The highest BCUT2D eigenvalue weighted by atomic mass is 35.5. The van der Waals surface area contributed by atoms with Gasteiger partial charge in [-0.2, -0.15) is 0 Å². The molecule has 0 aliphatic heterocycles. The van der Waals surface area contributed by atoms with Crippen LogP contribution in [0.15, 0.2) is 78.0 Å². The Balaban J connectivity index is 2.02. The summed E-state index contributed by atoms with van der Waals surface area (Å²) >= 11 is 6.03. The maximum atomic E-state index is 13.0. The third kappa shape index (κ3) is 3.65. The minimum atomic E-state index is -0.639. The van der Waals surface area contributed by atoms with Crippen LogP contribution in [0, 0.1) is 0 Å². The Hall–Kier alpha value is -3.44. The average Bonchev–Trinajstić information content (AvgIpc) is 2.75. The molecule has 0 saturated carbocycles. The summed E-state index contributed by atoms with van der Waals surface area (Å²) in [6.45, 7) is 1.90. The molecule has 0 N–H and O–H groups in total. The topological polar surface area (TPSA) is 61.2 Å². The number of hydrogen-bond acceptors (Lipinski definition) is 4. The van der Waals surface area contributed by atoms with Crippen LogP contribution in [-0.2, 0) is 4.74 Å². The SMILES string of the molecule is CCOC(=O)c1cn(-c2ccc(Cl)cc2)c2cc(-c3ccncc3)ccc2c1=O. The minimum absolute atomic E-state index is 0.00837. The van der Waals surface area contributed by atoms with Gasteiger partial charge in [-0.15, -0.1) is 0 Å². The molecule has 0 aliphatic rings. The maximum absolute atomic E-state index is 13.0. The van der Waals surface area contributed by atoms with Gasteiger partial charge in [-0.25, -0.2) is 4.79 Å². The number of carbonyl (C=O) groups excluding carboxylic acids is 1. The first-order chi connectivity index (χ1) is 14.1. The van der Waals surface area contributed by atoms with Crippen molar-refractivity contribution < 1.29 is 9.53 Å². The van der Waals surface area contributed by atoms with Crippen molar-refractivity contribution in [2.24, 2.45) is 0 Å². The maximum Gasteiger partial charge on any atom is 0.343 e. The minimum Gasteiger partial charge on any atom is -0.462 e. The Morgan fingerprint density at radius 2 is 1.76 bits per heavy atom. The van der Waals surface area contributed by atoms with Crippen LogP contribution in [0.5, 0.6) is 0 Å². The standard InChI is InChI=1S/C23H17ClN2O3/c1-2-29-23(28)20-14-26(18-6-4-17(24)5-7-18)21-13-16(3-8-19(21)22(20)27)15-9-11-25-12-10-15/h3-14H,2H2,1H3. The molecule has 0 amide bonds. The number of benzene rings is 2. The number of halogens is 1. The van der Waals surface area contributed by atoms with E-state index in [4.69, 9.17) is 16.3 Å². The van der Waals surface area contributed by atoms with Crippen LogP contribution in [0.3, 0.4) is 0 Å². The first-order valence-corrected chi connectivity index (χ1v) is 9.49. The molecule has 0 bridgehead atoms. The summed E-state index contributed by atoms with van der Waals surface area (Å²) < 4.78 is 6.89. The molecule has 4 aromatic rings. The number of pyridine rings is 2. The van der Waals surface area contributed by atoms with Gasteiger partial charge in [0.25, 0.3) is 0 Å². The fraction of sp³-hybridized carbons (Fsp3) is 0.0870. The van der Waals surface area contributed by atoms with E-state index in [1.54, 1.807) is 37.5 Å². The molecule has 0 saturated heterocycles. The Kier molecular flexibility index (Phi) is 5.14. The Labute approximate surface area is 172 Å². The Bertz CT molecular complexity index is 1250. The first-order valence-electron chi connectivity index (χ1n) is 9.11. The highest BCUT2D eigenvalue weighted by Crippen LogP contribution is 2.26. The number of esters is 1. The lowest BCUT2D eigenvalue weighted by molar-refractivity contribution is 0.0524. The Morgan fingerprint density at radius 1 is 1.03 bits per heavy atom. The number of ether oxygens (including phenoxy) is 1. The number of nitrogens with zero attached hydrogens (tertiary/aromatic N) is 2. The van der Waals surface area contributed by atoms with Crippen LogP contribution < -0.4 is 5.43 Å². The van der Waals surface area contributed by atoms with Crippen molar-refractivity contribution >= 4 is 28.5 Å². The number of fused-ring (bicyclic) bond motifs is 1. The van der Waals surface area contributed by atoms with E-state index >= 15 is 0 Å². The van der Waals surface area contributed by atoms with Gasteiger partial charge >= 0.3 is 5.97 Å². The molecule has 2 aromatic heterocycles. The molecule has 144 valence electrons. The van der Waals surface area contributed by atoms with Gasteiger partial charge in [0, 0.05) is 34.7 Å². The van der Waals surface area contributed by atoms with Crippen LogP contribution in [-0.4, -0.2) is 22.1 Å². The van der Waals surface area contributed by atoms with Crippen molar-refractivity contribution in [3.05, 3.63) is 94.0 Å². The quantitative estimate of drug-likeness (QED) is 0.455. The van der Waals surface area contributed by atoms with E-state index in [9.17, 15) is 9.59 Å². The number of aromatic nitrogens is 2. The third-order valence-electron chi connectivity index (χ3n) is 4.62. The molecule has 5 nitrogen and oxygen atoms in total. The molecule has 0 radical (unpaired) electrons. The van der Waals surface area contributed by atoms with Crippen LogP contribution in [0.2, 0.25) is 5.02 Å². The van der Waals surface area contributed by atoms with E-state index < -0.39 is 5.97 Å². The van der Waals surface area contributed by atoms with Gasteiger partial charge in [0.1, 0.15) is 5.56 Å². The van der Waals surface area contributed by atoms with Crippen LogP contribution in [0.1, 0.15) is 17.3 Å². The van der Waals surface area contributed by atoms with Gasteiger partial charge in [0.15, 0.2) is 0 Å². The zero-order valence-electron chi connectivity index (χ0n) is 15.6. The summed E-state index contributed by atoms with van der Waals surface area (Å²) in [5.41, 5.74) is 3.00. The van der Waals surface area contributed by atoms with Gasteiger partial charge in [-0.1, -0.05) is 17.7 Å². The van der Waals surface area contributed by atoms with Crippen molar-refractivity contribution in [3.8, 4) is 16.8 Å². The summed E-state index contributed by atoms with van der Waals surface area (Å²) in [5.74, 6) is -0.639. The summed E-state index contributed by atoms with van der Waals surface area (Å²) in [6, 6.07) is 16.5. The molecule has 6 heteroatoms. The largest absolute Gasteiger partial charge is 0.462 e. The van der Waals surface area contributed by atoms with E-state index in [2.05, 4.69) is 4.98 Å². The van der Waals surface area contributed by atoms with Gasteiger partial charge in [-0.05, 0) is 66.6 Å². The molecular formula is C23H17ClN2O3. The zero-order chi connectivity index (χ0) is 20.4. The van der Waals surface area contributed by atoms with Gasteiger partial charge in [0.05, 0.1) is 12.1 Å². The van der Waals surface area contributed by atoms with E-state index in [0.29, 0.717) is 15.9 Å². The van der Waals surface area contributed by atoms with E-state index in [0.717, 1.165) is 16.8 Å². The van der Waals surface area contributed by atoms with E-state index in [-0.39, 0.29) is 17.6 Å². The molecule has 0 atom stereocenters. The highest BCUT2D eigenvalue weighted by molar-refractivity contribution is 6.30. The van der Waals surface area contributed by atoms with Gasteiger partial charge < -0.3 is 9.30 Å². The second-order valence-corrected chi connectivity index (χ2v) is 6.84. The fourth-order valence-electron chi connectivity index (χ4n) is 3.22. The van der Waals surface area contributed by atoms with Crippen LogP contribution in [0.4, 0.5) is 0 Å². The molecule has 0 fully saturated rings. The van der Waals surface area contributed by atoms with Crippen molar-refractivity contribution in [2.45, 2.75) is 6.92 Å². The summed E-state index contributed by atoms with van der Waals surface area (Å²) in [4.78, 5) is 29.4. The lowest BCUT2D eigenvalue weighted by Crippen LogP contribution is -2.20. The normalized spacial score (nSPS) is 10.8. The van der Waals surface area contributed by atoms with Crippen molar-refractivity contribution in [2.75, 3.05) is 6.61 Å². The predicted molar refractivity (Wildman–Crippen MR) is 114 cm³/mol. The van der Waals surface area contributed by atoms with Crippen LogP contribution in [0.25, 0.3) is 27.7 Å². The van der Waals surface area contributed by atoms with Crippen molar-refractivity contribution in [1.82, 2.24) is 9.55 Å². The first kappa shape index (κ1) is 18.9. The molecule has 0 unspecified atom stereocenters. The zero-order valence-corrected chi connectivity index (χ0v) is 16.4. The summed E-state index contributed by atoms with van der Waals surface area (Å²) in [7, 11) is 0. The number of carbonyl (C=O) groups is 1. The lowest BCUT2D eigenvalue weighted by Gasteiger charge is -2.15. The van der Waals surface area contributed by atoms with Crippen molar-refractivity contribution in [1.29, 1.82) is 0 Å². The number of rotatable bonds is 4. The second-order valence-electron chi connectivity index (χ2n) is 6.41. The Morgan fingerprint density at radius 3 is 2.45 bits per heavy atom. The molecule has 4 rings (SSSR count). The van der Waals surface area contributed by atoms with E-state index in [1.165, 1.54) is 6.20 Å². The molecule has 0 spiro atoms. The predicted octanol–water partition coefficient (Wildman–Crippen LogP) is 4.88. The second kappa shape index (κ2) is 7.89. The average molecular weight is 405 g/mol. The lowest BCUT2D eigenvalue weighted by atomic mass is 10.0. The monoisotopic (exact) mass is 404 g/mol. The van der Waals surface area contributed by atoms with Crippen molar-refractivity contribution in [3.63, 3.8) is 0 Å². The van der Waals surface area contributed by atoms with E-state index in [1.807, 2.05) is 41.0 Å². The fourth-order valence-corrected chi connectivity index (χ4v) is 3.34. The number of hydrogen-bond donors (Lipinski definition) is 0. The molecule has 2 aromatic carbocycles. The molecule has 2 heterocycles.